The van der Waals surface area contributed by atoms with Gasteiger partial charge in [0.1, 0.15) is 11.7 Å². The number of nitroso groups, excluding NO2 is 1. The lowest BCUT2D eigenvalue weighted by atomic mass is 9.17. The van der Waals surface area contributed by atoms with Crippen molar-refractivity contribution < 1.29 is 14.2 Å². The molecule has 0 saturated heterocycles. The molecule has 0 aliphatic heterocycles. The molecule has 6 fully saturated rings. The van der Waals surface area contributed by atoms with Crippen molar-refractivity contribution in [2.24, 2.45) is 38.2 Å². The summed E-state index contributed by atoms with van der Waals surface area (Å²) in [5.41, 5.74) is 9.67. The first kappa shape index (κ1) is 32.2. The van der Waals surface area contributed by atoms with Crippen molar-refractivity contribution in [1.82, 2.24) is 21.0 Å². The number of nitrogens with zero attached hydrogens (tertiary/aromatic N) is 3. The molecule has 6 aliphatic rings. The average molecular weight is 590 g/mol. The van der Waals surface area contributed by atoms with Gasteiger partial charge in [-0.2, -0.15) is 0 Å². The number of allylic oxidation sites excluding steroid dienone is 1. The van der Waals surface area contributed by atoms with Gasteiger partial charge in [0.15, 0.2) is 0 Å². The van der Waals surface area contributed by atoms with Gasteiger partial charge in [0.05, 0.1) is 11.4 Å². The summed E-state index contributed by atoms with van der Waals surface area (Å²) in [6.07, 6.45) is 13.8. The molecule has 7 rings (SSSR count). The molecule has 0 spiro atoms. The molecule has 0 unspecified atom stereocenters. The second-order valence-electron chi connectivity index (χ2n) is 13.2. The highest BCUT2D eigenvalue weighted by Gasteiger charge is 2.84. The van der Waals surface area contributed by atoms with Gasteiger partial charge in [0, 0.05) is 24.1 Å². The van der Waals surface area contributed by atoms with Crippen molar-refractivity contribution >= 4 is 24.7 Å². The number of aromatic nitrogens is 1. The van der Waals surface area contributed by atoms with E-state index in [9.17, 15) is 14.5 Å². The van der Waals surface area contributed by atoms with Crippen LogP contribution in [0.2, 0.25) is 6.82 Å². The van der Waals surface area contributed by atoms with Crippen LogP contribution in [0.3, 0.4) is 0 Å². The fourth-order valence-electron chi connectivity index (χ4n) is 7.55. The van der Waals surface area contributed by atoms with Gasteiger partial charge in [0.2, 0.25) is 11.9 Å². The van der Waals surface area contributed by atoms with Crippen LogP contribution in [0.1, 0.15) is 76.7 Å². The lowest BCUT2D eigenvalue weighted by Gasteiger charge is -2.87. The maximum Gasteiger partial charge on any atom is 0.313 e. The predicted octanol–water partition coefficient (Wildman–Crippen LogP) is 3.39. The van der Waals surface area contributed by atoms with E-state index in [1.165, 1.54) is 24.6 Å². The smallest absolute Gasteiger partial charge is 0.313 e. The van der Waals surface area contributed by atoms with E-state index in [-0.39, 0.29) is 60.3 Å². The number of amides is 2. The second-order valence-corrected chi connectivity index (χ2v) is 13.2. The number of carbonyl (C=O) groups is 2. The lowest BCUT2D eigenvalue weighted by Crippen LogP contribution is -2.81. The summed E-state index contributed by atoms with van der Waals surface area (Å²) in [7, 11) is 0. The fraction of sp³-hybridized carbons (Fsp3) is 0.613. The average Bonchev–Trinajstić information content (AvgIpc) is 2.94. The van der Waals surface area contributed by atoms with Crippen LogP contribution in [-0.2, 0) is 9.45 Å². The van der Waals surface area contributed by atoms with E-state index >= 15 is 0 Å². The number of hydrogen-bond acceptors (Lipinski definition) is 7. The van der Waals surface area contributed by atoms with Gasteiger partial charge in [-0.3, -0.25) is 19.6 Å². The van der Waals surface area contributed by atoms with Crippen LogP contribution in [0.15, 0.2) is 46.3 Å². The molecule has 11 nitrogen and oxygen atoms in total. The van der Waals surface area contributed by atoms with Gasteiger partial charge in [-0.1, -0.05) is 46.5 Å². The number of pyridine rings is 1. The SMILES string of the molecule is C#C/C=C1/[C@H](OB(C)[C@H](CC(C)C)NC(=O)[C@H](CCCN=C(N)NN=O)NC(=O)c2ccccn2)CC23CC1(C2)C3(C)C. The Kier molecular flexibility index (Phi) is 9.65. The van der Waals surface area contributed by atoms with Crippen LogP contribution < -0.4 is 21.8 Å². The fourth-order valence-corrected chi connectivity index (χ4v) is 7.55. The molecule has 5 N–H and O–H groups in total. The number of guanidine groups is 1. The van der Waals surface area contributed by atoms with E-state index in [4.69, 9.17) is 16.8 Å². The first-order valence-corrected chi connectivity index (χ1v) is 15.1. The Labute approximate surface area is 254 Å². The second kappa shape index (κ2) is 12.9. The largest absolute Gasteiger partial charge is 0.428 e. The van der Waals surface area contributed by atoms with Gasteiger partial charge in [-0.15, -0.1) is 11.3 Å². The summed E-state index contributed by atoms with van der Waals surface area (Å²) in [5, 5.41) is 8.50. The molecule has 0 radical (unpaired) electrons. The molecule has 0 aromatic carbocycles. The molecule has 1 aromatic heterocycles. The summed E-state index contributed by atoms with van der Waals surface area (Å²) in [4.78, 5) is 45.1. The van der Waals surface area contributed by atoms with Crippen molar-refractivity contribution in [1.29, 1.82) is 0 Å². The Hall–Kier alpha value is -3.72. The Morgan fingerprint density at radius 1 is 1.30 bits per heavy atom. The van der Waals surface area contributed by atoms with Gasteiger partial charge in [-0.05, 0) is 79.1 Å². The van der Waals surface area contributed by atoms with Gasteiger partial charge in [0.25, 0.3) is 5.91 Å². The Morgan fingerprint density at radius 2 is 2.05 bits per heavy atom. The maximum absolute atomic E-state index is 13.7. The molecule has 12 heteroatoms. The van der Waals surface area contributed by atoms with Crippen molar-refractivity contribution in [2.45, 2.75) is 91.1 Å². The van der Waals surface area contributed by atoms with Gasteiger partial charge < -0.3 is 21.0 Å². The van der Waals surface area contributed by atoms with E-state index in [2.05, 4.69) is 59.5 Å². The highest BCUT2D eigenvalue weighted by molar-refractivity contribution is 6.52. The summed E-state index contributed by atoms with van der Waals surface area (Å²) >= 11 is 0. The number of hydrogen-bond donors (Lipinski definition) is 4. The zero-order chi connectivity index (χ0) is 31.4. The third-order valence-electron chi connectivity index (χ3n) is 10.1. The van der Waals surface area contributed by atoms with E-state index in [0.29, 0.717) is 24.2 Å². The number of aliphatic imine (C=N–C) groups is 1. The zero-order valence-corrected chi connectivity index (χ0v) is 25.9. The van der Waals surface area contributed by atoms with Gasteiger partial charge in [-0.25, -0.2) is 5.43 Å². The number of terminal acetylenes is 1. The first-order chi connectivity index (χ1) is 20.4. The summed E-state index contributed by atoms with van der Waals surface area (Å²) in [6, 6.07) is 4.16. The molecular weight excluding hydrogens is 545 g/mol. The third-order valence-corrected chi connectivity index (χ3v) is 10.1. The molecule has 6 saturated carbocycles. The van der Waals surface area contributed by atoms with Crippen LogP contribution in [0.5, 0.6) is 0 Å². The van der Waals surface area contributed by atoms with Crippen LogP contribution >= 0.6 is 0 Å². The molecule has 6 aliphatic carbocycles. The molecule has 2 amide bonds. The van der Waals surface area contributed by atoms with Crippen LogP contribution in [0.4, 0.5) is 0 Å². The molecular formula is C31H44BN7O4. The minimum atomic E-state index is -0.851. The van der Waals surface area contributed by atoms with Crippen molar-refractivity contribution in [3.8, 4) is 12.3 Å². The number of nitrogens with one attached hydrogen (secondary N) is 3. The van der Waals surface area contributed by atoms with E-state index in [1.54, 1.807) is 18.2 Å². The van der Waals surface area contributed by atoms with Crippen molar-refractivity contribution in [3.63, 3.8) is 0 Å². The van der Waals surface area contributed by atoms with Crippen LogP contribution in [0.25, 0.3) is 0 Å². The van der Waals surface area contributed by atoms with E-state index < -0.39 is 11.9 Å². The lowest BCUT2D eigenvalue weighted by molar-refractivity contribution is -0.351. The summed E-state index contributed by atoms with van der Waals surface area (Å²) < 4.78 is 6.73. The summed E-state index contributed by atoms with van der Waals surface area (Å²) in [5.74, 6) is 1.88. The highest BCUT2D eigenvalue weighted by atomic mass is 16.4. The topological polar surface area (TPSA) is 160 Å². The Balaban J connectivity index is 1.46. The Morgan fingerprint density at radius 3 is 2.65 bits per heavy atom. The molecule has 1 heterocycles. The van der Waals surface area contributed by atoms with Crippen LogP contribution in [0, 0.1) is 39.4 Å². The van der Waals surface area contributed by atoms with E-state index in [1.807, 2.05) is 18.3 Å². The Bertz CT molecular complexity index is 1300. The maximum atomic E-state index is 13.7. The number of carbonyl (C=O) groups excluding carboxylic acids is 2. The van der Waals surface area contributed by atoms with Crippen molar-refractivity contribution in [2.75, 3.05) is 6.54 Å². The first-order valence-electron chi connectivity index (χ1n) is 15.1. The quantitative estimate of drug-likeness (QED) is 0.0492. The number of nitrogens with two attached hydrogens (primary N) is 1. The standard InChI is InChI=1S/C31H44BN7O4/c1-7-11-21-24(17-30-18-31(21,19-30)29(30,4)5)43-32(6)25(16-20(2)3)37-27(41)23(13-10-15-35-28(33)38-39-42)36-26(40)22-12-8-9-14-34-22/h1,8-9,11-12,14,20,23-25H,10,13,15-19H2,2-6H3,(H,36,40)(H,37,41)(H3,33,35,38,42)/b21-11-/t23-,24+,25-,30?,31?/m0/s1. The van der Waals surface area contributed by atoms with Gasteiger partial charge >= 0.3 is 6.92 Å². The zero-order valence-electron chi connectivity index (χ0n) is 25.9. The minimum Gasteiger partial charge on any atom is -0.428 e. The molecule has 3 atom stereocenters. The molecule has 43 heavy (non-hydrogen) atoms. The monoisotopic (exact) mass is 589 g/mol. The molecule has 230 valence electrons. The third kappa shape index (κ3) is 6.18. The highest BCUT2D eigenvalue weighted by Crippen LogP contribution is 2.91. The number of rotatable bonds is 14. The molecule has 1 aromatic rings. The predicted molar refractivity (Wildman–Crippen MR) is 167 cm³/mol. The normalized spacial score (nSPS) is 27.1. The summed E-state index contributed by atoms with van der Waals surface area (Å²) in [6.45, 7) is 10.8. The van der Waals surface area contributed by atoms with Crippen LogP contribution in [-0.4, -0.2) is 54.3 Å². The minimum absolute atomic E-state index is 0.0782. The molecule has 2 bridgehead atoms. The van der Waals surface area contributed by atoms with Crippen molar-refractivity contribution in [3.05, 3.63) is 46.6 Å². The van der Waals surface area contributed by atoms with E-state index in [0.717, 1.165) is 6.42 Å².